The lowest BCUT2D eigenvalue weighted by Crippen LogP contribution is -2.36. The molecule has 0 bridgehead atoms. The van der Waals surface area contributed by atoms with Crippen LogP contribution in [0.3, 0.4) is 0 Å². The van der Waals surface area contributed by atoms with Gasteiger partial charge in [0.25, 0.3) is 0 Å². The minimum Gasteiger partial charge on any atom is -0.314 e. The van der Waals surface area contributed by atoms with Gasteiger partial charge in [0.05, 0.1) is 0 Å². The molecule has 0 saturated heterocycles. The normalized spacial score (nSPS) is 12.9. The van der Waals surface area contributed by atoms with Gasteiger partial charge >= 0.3 is 0 Å². The lowest BCUT2D eigenvalue weighted by Gasteiger charge is -2.23. The molecule has 0 spiro atoms. The van der Waals surface area contributed by atoms with E-state index < -0.39 is 0 Å². The van der Waals surface area contributed by atoms with Crippen LogP contribution in [0.5, 0.6) is 0 Å². The van der Waals surface area contributed by atoms with Gasteiger partial charge in [-0.1, -0.05) is 42.8 Å². The third-order valence-corrected chi connectivity index (χ3v) is 4.16. The first kappa shape index (κ1) is 17.6. The molecule has 0 radical (unpaired) electrons. The third-order valence-electron chi connectivity index (χ3n) is 3.66. The first-order valence-electron chi connectivity index (χ1n) is 7.50. The smallest absolute Gasteiger partial charge is 0.127 e. The maximum absolute atomic E-state index is 13.9. The van der Waals surface area contributed by atoms with Gasteiger partial charge in [-0.25, -0.2) is 4.39 Å². The number of nitrogens with one attached hydrogen (secondary N) is 1. The van der Waals surface area contributed by atoms with Gasteiger partial charge in [-0.15, -0.1) is 0 Å². The summed E-state index contributed by atoms with van der Waals surface area (Å²) in [7, 11) is 0. The van der Waals surface area contributed by atoms with Crippen LogP contribution in [0.2, 0.25) is 0 Å². The minimum absolute atomic E-state index is 0.120. The zero-order valence-electron chi connectivity index (χ0n) is 12.8. The highest BCUT2D eigenvalue weighted by atomic mass is 79.9. The number of halogens is 2. The van der Waals surface area contributed by atoms with Gasteiger partial charge < -0.3 is 10.2 Å². The maximum Gasteiger partial charge on any atom is 0.127 e. The maximum atomic E-state index is 13.9. The molecule has 1 unspecified atom stereocenters. The lowest BCUT2D eigenvalue weighted by molar-refractivity contribution is 0.280. The number of hydrogen-bond acceptors (Lipinski definition) is 2. The molecule has 20 heavy (non-hydrogen) atoms. The Hall–Kier alpha value is -0.450. The zero-order valence-corrected chi connectivity index (χ0v) is 14.3. The van der Waals surface area contributed by atoms with Crippen LogP contribution < -0.4 is 5.32 Å². The van der Waals surface area contributed by atoms with E-state index in [1.165, 1.54) is 0 Å². The van der Waals surface area contributed by atoms with Gasteiger partial charge in [0.1, 0.15) is 5.82 Å². The summed E-state index contributed by atoms with van der Waals surface area (Å²) in [6, 6.07) is 5.66. The molecule has 1 atom stereocenters. The highest BCUT2D eigenvalue weighted by Crippen LogP contribution is 2.17. The van der Waals surface area contributed by atoms with Gasteiger partial charge in [0.15, 0.2) is 0 Å². The van der Waals surface area contributed by atoms with E-state index >= 15 is 0 Å². The average molecular weight is 345 g/mol. The Morgan fingerprint density at radius 1 is 1.25 bits per heavy atom. The predicted octanol–water partition coefficient (Wildman–Crippen LogP) is 3.84. The van der Waals surface area contributed by atoms with Crippen LogP contribution in [-0.2, 0) is 6.42 Å². The second kappa shape index (κ2) is 9.48. The second-order valence-corrected chi connectivity index (χ2v) is 5.93. The van der Waals surface area contributed by atoms with Crippen molar-refractivity contribution < 1.29 is 4.39 Å². The van der Waals surface area contributed by atoms with E-state index in [0.717, 1.165) is 49.1 Å². The first-order chi connectivity index (χ1) is 9.60. The van der Waals surface area contributed by atoms with Crippen molar-refractivity contribution in [1.29, 1.82) is 0 Å². The Bertz CT molecular complexity index is 394. The van der Waals surface area contributed by atoms with Crippen LogP contribution in [0.4, 0.5) is 4.39 Å². The van der Waals surface area contributed by atoms with Gasteiger partial charge in [0, 0.05) is 10.5 Å². The van der Waals surface area contributed by atoms with Crippen molar-refractivity contribution in [1.82, 2.24) is 10.2 Å². The fraction of sp³-hybridized carbons (Fsp3) is 0.625. The summed E-state index contributed by atoms with van der Waals surface area (Å²) < 4.78 is 14.7. The van der Waals surface area contributed by atoms with E-state index in [4.69, 9.17) is 0 Å². The zero-order chi connectivity index (χ0) is 15.0. The summed E-state index contributed by atoms with van der Waals surface area (Å²) in [5.74, 6) is -0.120. The predicted molar refractivity (Wildman–Crippen MR) is 87.7 cm³/mol. The van der Waals surface area contributed by atoms with Crippen molar-refractivity contribution in [3.05, 3.63) is 34.1 Å². The highest BCUT2D eigenvalue weighted by Gasteiger charge is 2.13. The standard InChI is InChI=1S/C16H26BrFN2/c1-4-19-15(9-10-20(5-2)6-3)11-13-7-8-14(17)12-16(13)18/h7-8,12,15,19H,4-6,9-11H2,1-3H3. The van der Waals surface area contributed by atoms with Crippen LogP contribution in [-0.4, -0.2) is 37.1 Å². The summed E-state index contributed by atoms with van der Waals surface area (Å²) in [6.45, 7) is 10.6. The molecule has 1 aromatic rings. The van der Waals surface area contributed by atoms with Crippen molar-refractivity contribution in [2.45, 2.75) is 39.7 Å². The Morgan fingerprint density at radius 2 is 1.95 bits per heavy atom. The van der Waals surface area contributed by atoms with Crippen LogP contribution >= 0.6 is 15.9 Å². The van der Waals surface area contributed by atoms with Gasteiger partial charge in [-0.2, -0.15) is 0 Å². The molecule has 0 aliphatic heterocycles. The Balaban J connectivity index is 2.61. The van der Waals surface area contributed by atoms with E-state index in [-0.39, 0.29) is 5.82 Å². The molecule has 0 heterocycles. The van der Waals surface area contributed by atoms with Crippen molar-refractivity contribution in [2.24, 2.45) is 0 Å². The number of likely N-dealkylation sites (N-methyl/N-ethyl adjacent to an activating group) is 1. The van der Waals surface area contributed by atoms with E-state index in [9.17, 15) is 4.39 Å². The Labute approximate surface area is 130 Å². The molecular formula is C16H26BrFN2. The van der Waals surface area contributed by atoms with E-state index in [2.05, 4.69) is 46.9 Å². The van der Waals surface area contributed by atoms with Crippen molar-refractivity contribution >= 4 is 15.9 Å². The van der Waals surface area contributed by atoms with Crippen LogP contribution in [0.15, 0.2) is 22.7 Å². The molecule has 0 aliphatic rings. The Kier molecular flexibility index (Phi) is 8.34. The SMILES string of the molecule is CCNC(CCN(CC)CC)Cc1ccc(Br)cc1F. The summed E-state index contributed by atoms with van der Waals surface area (Å²) in [5, 5.41) is 3.47. The molecule has 114 valence electrons. The van der Waals surface area contributed by atoms with Crippen LogP contribution in [0, 0.1) is 5.82 Å². The molecule has 1 rings (SSSR count). The molecule has 1 N–H and O–H groups in total. The lowest BCUT2D eigenvalue weighted by atomic mass is 10.0. The molecule has 0 aliphatic carbocycles. The van der Waals surface area contributed by atoms with Crippen molar-refractivity contribution in [3.63, 3.8) is 0 Å². The van der Waals surface area contributed by atoms with Crippen LogP contribution in [0.1, 0.15) is 32.8 Å². The molecule has 4 heteroatoms. The van der Waals surface area contributed by atoms with Gasteiger partial charge in [0.2, 0.25) is 0 Å². The molecule has 0 aromatic heterocycles. The molecule has 2 nitrogen and oxygen atoms in total. The van der Waals surface area contributed by atoms with E-state index in [0.29, 0.717) is 6.04 Å². The molecule has 0 fully saturated rings. The molecular weight excluding hydrogens is 319 g/mol. The quantitative estimate of drug-likeness (QED) is 0.732. The van der Waals surface area contributed by atoms with E-state index in [1.54, 1.807) is 6.07 Å². The van der Waals surface area contributed by atoms with E-state index in [1.807, 2.05) is 12.1 Å². The van der Waals surface area contributed by atoms with Crippen LogP contribution in [0.25, 0.3) is 0 Å². The highest BCUT2D eigenvalue weighted by molar-refractivity contribution is 9.10. The second-order valence-electron chi connectivity index (χ2n) is 5.01. The molecule has 0 amide bonds. The number of rotatable bonds is 9. The fourth-order valence-electron chi connectivity index (χ4n) is 2.40. The first-order valence-corrected chi connectivity index (χ1v) is 8.29. The third kappa shape index (κ3) is 5.90. The van der Waals surface area contributed by atoms with Crippen molar-refractivity contribution in [2.75, 3.05) is 26.2 Å². The minimum atomic E-state index is -0.120. The monoisotopic (exact) mass is 344 g/mol. The number of hydrogen-bond donors (Lipinski definition) is 1. The average Bonchev–Trinajstić information content (AvgIpc) is 2.43. The summed E-state index contributed by atoms with van der Waals surface area (Å²) in [5.41, 5.74) is 0.790. The molecule has 0 saturated carbocycles. The summed E-state index contributed by atoms with van der Waals surface area (Å²) in [6.07, 6.45) is 1.79. The Morgan fingerprint density at radius 3 is 2.50 bits per heavy atom. The fourth-order valence-corrected chi connectivity index (χ4v) is 2.73. The summed E-state index contributed by atoms with van der Waals surface area (Å²) in [4.78, 5) is 2.41. The van der Waals surface area contributed by atoms with Gasteiger partial charge in [-0.05, 0) is 56.7 Å². The molecule has 1 aromatic carbocycles. The number of nitrogens with zero attached hydrogens (tertiary/aromatic N) is 1. The topological polar surface area (TPSA) is 15.3 Å². The van der Waals surface area contributed by atoms with Crippen molar-refractivity contribution in [3.8, 4) is 0 Å². The van der Waals surface area contributed by atoms with Gasteiger partial charge in [-0.3, -0.25) is 0 Å². The number of benzene rings is 1. The largest absolute Gasteiger partial charge is 0.314 e. The summed E-state index contributed by atoms with van der Waals surface area (Å²) >= 11 is 3.30.